The Balaban J connectivity index is 1.59. The van der Waals surface area contributed by atoms with Crippen molar-refractivity contribution in [3.8, 4) is 0 Å². The molecule has 1 fully saturated rings. The maximum Gasteiger partial charge on any atom is 0.243 e. The minimum absolute atomic E-state index is 0.248. The Morgan fingerprint density at radius 2 is 1.71 bits per heavy atom. The zero-order valence-corrected chi connectivity index (χ0v) is 16.7. The lowest BCUT2D eigenvalue weighted by atomic mass is 10.2. The number of benzene rings is 2. The quantitative estimate of drug-likeness (QED) is 0.830. The van der Waals surface area contributed by atoms with Crippen LogP contribution in [0, 0.1) is 12.7 Å². The average Bonchev–Trinajstić information content (AvgIpc) is 2.71. The lowest BCUT2D eigenvalue weighted by Gasteiger charge is -2.36. The molecule has 0 aromatic heterocycles. The Morgan fingerprint density at radius 1 is 1.07 bits per heavy atom. The lowest BCUT2D eigenvalue weighted by Crippen LogP contribution is -2.53. The van der Waals surface area contributed by atoms with Crippen molar-refractivity contribution in [1.29, 1.82) is 0 Å². The Hall–Kier alpha value is -2.29. The molecule has 1 N–H and O–H groups in total. The van der Waals surface area contributed by atoms with Crippen molar-refractivity contribution in [3.05, 3.63) is 59.9 Å². The van der Waals surface area contributed by atoms with Crippen LogP contribution in [0.15, 0.2) is 53.4 Å². The molecule has 1 aliphatic rings. The van der Waals surface area contributed by atoms with Crippen LogP contribution in [0.4, 0.5) is 10.1 Å². The number of piperazine rings is 1. The number of rotatable bonds is 5. The number of aryl methyl sites for hydroxylation is 1. The van der Waals surface area contributed by atoms with Crippen molar-refractivity contribution in [2.24, 2.45) is 0 Å². The first-order chi connectivity index (χ1) is 13.3. The molecule has 1 unspecified atom stereocenters. The van der Waals surface area contributed by atoms with Gasteiger partial charge in [0.1, 0.15) is 5.82 Å². The van der Waals surface area contributed by atoms with Gasteiger partial charge in [-0.25, -0.2) is 12.8 Å². The van der Waals surface area contributed by atoms with Gasteiger partial charge in [0, 0.05) is 31.9 Å². The molecule has 6 nitrogen and oxygen atoms in total. The van der Waals surface area contributed by atoms with E-state index in [1.54, 1.807) is 56.3 Å². The van der Waals surface area contributed by atoms with E-state index < -0.39 is 16.1 Å². The summed E-state index contributed by atoms with van der Waals surface area (Å²) in [7, 11) is -3.52. The second-order valence-electron chi connectivity index (χ2n) is 6.88. The fourth-order valence-electron chi connectivity index (χ4n) is 3.16. The van der Waals surface area contributed by atoms with E-state index in [1.807, 2.05) is 4.90 Å². The van der Waals surface area contributed by atoms with Crippen LogP contribution >= 0.6 is 0 Å². The number of halogens is 1. The number of carbonyl (C=O) groups excluding carboxylic acids is 1. The van der Waals surface area contributed by atoms with Crippen molar-refractivity contribution in [2.75, 3.05) is 31.5 Å². The maximum absolute atomic E-state index is 13.7. The van der Waals surface area contributed by atoms with Gasteiger partial charge in [-0.15, -0.1) is 0 Å². The third-order valence-electron chi connectivity index (χ3n) is 5.02. The van der Waals surface area contributed by atoms with E-state index in [4.69, 9.17) is 0 Å². The largest absolute Gasteiger partial charge is 0.325 e. The average molecular weight is 405 g/mol. The highest BCUT2D eigenvalue weighted by Crippen LogP contribution is 2.19. The Labute approximate surface area is 165 Å². The molecule has 0 spiro atoms. The number of hydrogen-bond donors (Lipinski definition) is 1. The van der Waals surface area contributed by atoms with Gasteiger partial charge in [-0.2, -0.15) is 4.31 Å². The van der Waals surface area contributed by atoms with Gasteiger partial charge in [-0.3, -0.25) is 9.69 Å². The monoisotopic (exact) mass is 405 g/mol. The van der Waals surface area contributed by atoms with Gasteiger partial charge >= 0.3 is 0 Å². The molecule has 0 bridgehead atoms. The summed E-state index contributed by atoms with van der Waals surface area (Å²) < 4.78 is 40.5. The molecule has 1 aliphatic heterocycles. The molecule has 1 saturated heterocycles. The Bertz CT molecular complexity index is 942. The molecule has 1 atom stereocenters. The summed E-state index contributed by atoms with van der Waals surface area (Å²) >= 11 is 0. The van der Waals surface area contributed by atoms with E-state index in [-0.39, 0.29) is 16.6 Å². The zero-order chi connectivity index (χ0) is 20.3. The molecule has 0 radical (unpaired) electrons. The fraction of sp³-hybridized carbons (Fsp3) is 0.350. The van der Waals surface area contributed by atoms with Gasteiger partial charge in [-0.1, -0.05) is 24.3 Å². The summed E-state index contributed by atoms with van der Waals surface area (Å²) in [5.41, 5.74) is 0.923. The topological polar surface area (TPSA) is 69.7 Å². The van der Waals surface area contributed by atoms with Gasteiger partial charge in [0.15, 0.2) is 0 Å². The molecule has 2 aromatic carbocycles. The van der Waals surface area contributed by atoms with E-state index in [0.717, 1.165) is 0 Å². The highest BCUT2D eigenvalue weighted by atomic mass is 32.2. The van der Waals surface area contributed by atoms with Crippen LogP contribution in [0.1, 0.15) is 12.5 Å². The number of nitrogens with zero attached hydrogens (tertiary/aromatic N) is 2. The van der Waals surface area contributed by atoms with Crippen molar-refractivity contribution in [3.63, 3.8) is 0 Å². The Kier molecular flexibility index (Phi) is 6.12. The second-order valence-corrected chi connectivity index (χ2v) is 8.82. The molecule has 2 aromatic rings. The molecule has 8 heteroatoms. The predicted molar refractivity (Wildman–Crippen MR) is 106 cm³/mol. The number of amides is 1. The highest BCUT2D eigenvalue weighted by Gasteiger charge is 2.31. The third-order valence-corrected chi connectivity index (χ3v) is 6.93. The van der Waals surface area contributed by atoms with Crippen LogP contribution in [-0.4, -0.2) is 55.8 Å². The lowest BCUT2D eigenvalue weighted by molar-refractivity contribution is -0.121. The van der Waals surface area contributed by atoms with E-state index in [0.29, 0.717) is 37.4 Å². The van der Waals surface area contributed by atoms with Crippen LogP contribution in [0.25, 0.3) is 0 Å². The number of hydrogen-bond acceptors (Lipinski definition) is 4. The normalized spacial score (nSPS) is 17.2. The standard InChI is InChI=1S/C20H24FN3O3S/c1-15-8-9-17(14-19(15)21)22-20(25)16(2)23-10-12-24(13-11-23)28(26,27)18-6-4-3-5-7-18/h3-9,14,16H,10-13H2,1-2H3,(H,22,25). The summed E-state index contributed by atoms with van der Waals surface area (Å²) in [6, 6.07) is 12.5. The molecule has 3 rings (SSSR count). The molecule has 0 aliphatic carbocycles. The highest BCUT2D eigenvalue weighted by molar-refractivity contribution is 7.89. The first-order valence-corrected chi connectivity index (χ1v) is 10.6. The molecule has 150 valence electrons. The van der Waals surface area contributed by atoms with Gasteiger partial charge < -0.3 is 5.32 Å². The smallest absolute Gasteiger partial charge is 0.243 e. The first-order valence-electron chi connectivity index (χ1n) is 9.15. The van der Waals surface area contributed by atoms with E-state index in [2.05, 4.69) is 5.32 Å². The minimum Gasteiger partial charge on any atom is -0.325 e. The van der Waals surface area contributed by atoms with Crippen LogP contribution < -0.4 is 5.32 Å². The maximum atomic E-state index is 13.7. The van der Waals surface area contributed by atoms with Crippen LogP contribution in [-0.2, 0) is 14.8 Å². The van der Waals surface area contributed by atoms with Crippen molar-refractivity contribution < 1.29 is 17.6 Å². The molecular weight excluding hydrogens is 381 g/mol. The second kappa shape index (κ2) is 8.38. The van der Waals surface area contributed by atoms with Gasteiger partial charge in [0.25, 0.3) is 0 Å². The number of anilines is 1. The van der Waals surface area contributed by atoms with Gasteiger partial charge in [0.2, 0.25) is 15.9 Å². The fourth-order valence-corrected chi connectivity index (χ4v) is 4.60. The summed E-state index contributed by atoms with van der Waals surface area (Å²) in [5.74, 6) is -0.618. The number of sulfonamides is 1. The summed E-state index contributed by atoms with van der Waals surface area (Å²) in [6.07, 6.45) is 0. The molecule has 28 heavy (non-hydrogen) atoms. The third kappa shape index (κ3) is 4.40. The van der Waals surface area contributed by atoms with E-state index in [1.165, 1.54) is 10.4 Å². The zero-order valence-electron chi connectivity index (χ0n) is 15.9. The van der Waals surface area contributed by atoms with E-state index in [9.17, 15) is 17.6 Å². The van der Waals surface area contributed by atoms with Crippen LogP contribution in [0.3, 0.4) is 0 Å². The molecule has 0 saturated carbocycles. The van der Waals surface area contributed by atoms with E-state index >= 15 is 0 Å². The molecule has 1 heterocycles. The SMILES string of the molecule is Cc1ccc(NC(=O)C(C)N2CCN(S(=O)(=O)c3ccccc3)CC2)cc1F. The van der Waals surface area contributed by atoms with Crippen molar-refractivity contribution in [2.45, 2.75) is 24.8 Å². The number of nitrogens with one attached hydrogen (secondary N) is 1. The summed E-state index contributed by atoms with van der Waals surface area (Å²) in [6.45, 7) is 4.95. The van der Waals surface area contributed by atoms with Crippen LogP contribution in [0.5, 0.6) is 0 Å². The first kappa shape index (κ1) is 20.4. The summed E-state index contributed by atoms with van der Waals surface area (Å²) in [5, 5.41) is 2.72. The molecular formula is C20H24FN3O3S. The minimum atomic E-state index is -3.52. The summed E-state index contributed by atoms with van der Waals surface area (Å²) in [4.78, 5) is 14.7. The van der Waals surface area contributed by atoms with Crippen molar-refractivity contribution in [1.82, 2.24) is 9.21 Å². The molecule has 1 amide bonds. The van der Waals surface area contributed by atoms with Gasteiger partial charge in [-0.05, 0) is 43.7 Å². The van der Waals surface area contributed by atoms with Gasteiger partial charge in [0.05, 0.1) is 10.9 Å². The number of carbonyl (C=O) groups is 1. The predicted octanol–water partition coefficient (Wildman–Crippen LogP) is 2.47. The van der Waals surface area contributed by atoms with Crippen molar-refractivity contribution >= 4 is 21.6 Å². The van der Waals surface area contributed by atoms with Crippen LogP contribution in [0.2, 0.25) is 0 Å². The Morgan fingerprint density at radius 3 is 2.32 bits per heavy atom.